The van der Waals surface area contributed by atoms with Crippen LogP contribution in [0.15, 0.2) is 12.2 Å². The number of carboxylic acids is 1. The predicted molar refractivity (Wildman–Crippen MR) is 83.2 cm³/mol. The third kappa shape index (κ3) is 2.95. The Labute approximate surface area is 141 Å². The lowest BCUT2D eigenvalue weighted by molar-refractivity contribution is -0.163. The molecule has 2 rings (SSSR count). The molecule has 1 N–H and O–H groups in total. The number of carbonyl (C=O) groups is 3. The summed E-state index contributed by atoms with van der Waals surface area (Å²) in [5.41, 5.74) is 0. The molecular weight excluding hydrogens is 346 g/mol. The second-order valence-electron chi connectivity index (χ2n) is 5.45. The molecule has 2 heterocycles. The molecule has 0 aromatic heterocycles. The minimum Gasteiger partial charge on any atom is -0.615 e. The minimum atomic E-state index is -1.57. The maximum Gasteiger partial charge on any atom is 0.333 e. The maximum absolute atomic E-state index is 12.3. The van der Waals surface area contributed by atoms with E-state index >= 15 is 0 Å². The molecule has 2 saturated heterocycles. The zero-order chi connectivity index (χ0) is 17.4. The first-order chi connectivity index (χ1) is 10.8. The summed E-state index contributed by atoms with van der Waals surface area (Å²) in [5.74, 6) is -2.35. The second kappa shape index (κ2) is 6.70. The Bertz CT molecular complexity index is 555. The molecule has 2 aliphatic rings. The van der Waals surface area contributed by atoms with Crippen LogP contribution in [0.2, 0.25) is 0 Å². The van der Waals surface area contributed by atoms with E-state index in [1.807, 2.05) is 0 Å². The largest absolute Gasteiger partial charge is 0.615 e. The van der Waals surface area contributed by atoms with Gasteiger partial charge in [-0.05, 0) is 24.5 Å². The number of aliphatic carboxylic acids is 1. The first-order valence-corrected chi connectivity index (χ1v) is 8.84. The van der Waals surface area contributed by atoms with E-state index in [1.165, 1.54) is 24.2 Å². The Kier molecular flexibility index (Phi) is 5.27. The van der Waals surface area contributed by atoms with Gasteiger partial charge < -0.3 is 19.3 Å². The smallest absolute Gasteiger partial charge is 0.333 e. The van der Waals surface area contributed by atoms with Gasteiger partial charge >= 0.3 is 11.9 Å². The summed E-state index contributed by atoms with van der Waals surface area (Å²) in [6, 6.07) is -1.66. The topological polar surface area (TPSA) is 107 Å². The van der Waals surface area contributed by atoms with Gasteiger partial charge in [-0.2, -0.15) is 0 Å². The van der Waals surface area contributed by atoms with E-state index in [-0.39, 0.29) is 30.5 Å². The maximum atomic E-state index is 12.3. The van der Waals surface area contributed by atoms with Crippen LogP contribution in [0.1, 0.15) is 19.8 Å². The van der Waals surface area contributed by atoms with Crippen LogP contribution >= 0.6 is 11.6 Å². The molecule has 0 radical (unpaired) electrons. The van der Waals surface area contributed by atoms with E-state index < -0.39 is 39.3 Å². The number of alkyl halides is 1. The molecule has 2 fully saturated rings. The SMILES string of the molecule is CC[S+]([O-])C1(Cl)CC2C(CC=CC(=O)OC)C(=O)N2[C@@H]1C(=O)O. The molecule has 5 atom stereocenters. The standard InChI is InChI=1S/C14H18ClNO6S/c1-3-23(21)14(15)7-9-8(5-4-6-10(17)22-2)12(18)16(9)11(14)13(19)20/h4,6,8-9,11H,3,5,7H2,1-2H3,(H,19,20)/t8?,9?,11-,14?,23?/m1/s1. The molecule has 0 aliphatic carbocycles. The predicted octanol–water partition coefficient (Wildman–Crippen LogP) is 0.493. The number of nitrogens with zero attached hydrogens (tertiary/aromatic N) is 1. The number of allylic oxidation sites excluding steroid dienone is 1. The lowest BCUT2D eigenvalue weighted by Crippen LogP contribution is -2.63. The number of amides is 1. The fourth-order valence-corrected chi connectivity index (χ4v) is 5.18. The molecule has 7 nitrogen and oxygen atoms in total. The van der Waals surface area contributed by atoms with E-state index in [2.05, 4.69) is 4.74 Å². The van der Waals surface area contributed by atoms with Crippen molar-refractivity contribution in [1.82, 2.24) is 4.90 Å². The highest BCUT2D eigenvalue weighted by molar-refractivity contribution is 7.94. The zero-order valence-corrected chi connectivity index (χ0v) is 14.3. The lowest BCUT2D eigenvalue weighted by atomic mass is 9.85. The van der Waals surface area contributed by atoms with Crippen molar-refractivity contribution in [3.8, 4) is 0 Å². The Hall–Kier alpha value is -1.25. The number of halogens is 1. The van der Waals surface area contributed by atoms with E-state index in [9.17, 15) is 24.0 Å². The number of methoxy groups -OCH3 is 1. The summed E-state index contributed by atoms with van der Waals surface area (Å²) in [7, 11) is 1.25. The fourth-order valence-electron chi connectivity index (χ4n) is 3.19. The summed E-state index contributed by atoms with van der Waals surface area (Å²) >= 11 is 4.82. The van der Waals surface area contributed by atoms with Crippen LogP contribution in [0.25, 0.3) is 0 Å². The van der Waals surface area contributed by atoms with Crippen molar-refractivity contribution in [3.63, 3.8) is 0 Å². The number of esters is 1. The molecule has 9 heteroatoms. The van der Waals surface area contributed by atoms with Gasteiger partial charge in [0, 0.05) is 12.5 Å². The highest BCUT2D eigenvalue weighted by Crippen LogP contribution is 2.51. The minimum absolute atomic E-state index is 0.161. The van der Waals surface area contributed by atoms with Crippen LogP contribution in [0.5, 0.6) is 0 Å². The van der Waals surface area contributed by atoms with Crippen LogP contribution in [-0.4, -0.2) is 61.6 Å². The lowest BCUT2D eigenvalue weighted by Gasteiger charge is -2.43. The molecule has 0 aromatic rings. The van der Waals surface area contributed by atoms with Crippen LogP contribution in [0.3, 0.4) is 0 Å². The van der Waals surface area contributed by atoms with E-state index in [0.29, 0.717) is 0 Å². The van der Waals surface area contributed by atoms with Crippen molar-refractivity contribution in [3.05, 3.63) is 12.2 Å². The molecule has 1 amide bonds. The summed E-state index contributed by atoms with van der Waals surface area (Å²) in [4.78, 5) is 36.1. The van der Waals surface area contributed by atoms with Crippen molar-refractivity contribution < 1.29 is 28.8 Å². The Balaban J connectivity index is 2.16. The summed E-state index contributed by atoms with van der Waals surface area (Å²) in [6.45, 7) is 1.66. The molecule has 2 aliphatic heterocycles. The van der Waals surface area contributed by atoms with Crippen LogP contribution in [0, 0.1) is 5.92 Å². The first kappa shape index (κ1) is 18.1. The number of ether oxygens (including phenoxy) is 1. The van der Waals surface area contributed by atoms with Crippen molar-refractivity contribution in [1.29, 1.82) is 0 Å². The second-order valence-corrected chi connectivity index (χ2v) is 8.34. The van der Waals surface area contributed by atoms with E-state index in [0.717, 1.165) is 0 Å². The van der Waals surface area contributed by atoms with Gasteiger partial charge in [0.1, 0.15) is 5.75 Å². The third-order valence-electron chi connectivity index (χ3n) is 4.29. The number of carboxylic acid groups (broad SMARTS) is 1. The van der Waals surface area contributed by atoms with Gasteiger partial charge in [0.05, 0.1) is 19.1 Å². The molecule has 4 unspecified atom stereocenters. The van der Waals surface area contributed by atoms with Crippen LogP contribution < -0.4 is 0 Å². The highest BCUT2D eigenvalue weighted by atomic mass is 35.5. The van der Waals surface area contributed by atoms with Gasteiger partial charge in [0.2, 0.25) is 10.1 Å². The van der Waals surface area contributed by atoms with Crippen molar-refractivity contribution in [2.45, 2.75) is 36.1 Å². The number of carbonyl (C=O) groups excluding carboxylic acids is 2. The number of hydrogen-bond donors (Lipinski definition) is 1. The van der Waals surface area contributed by atoms with Gasteiger partial charge in [0.25, 0.3) is 0 Å². The van der Waals surface area contributed by atoms with Gasteiger partial charge in [0.15, 0.2) is 6.04 Å². The first-order valence-electron chi connectivity index (χ1n) is 7.14. The normalized spacial score (nSPS) is 34.2. The molecule has 0 saturated carbocycles. The Morgan fingerprint density at radius 1 is 1.61 bits per heavy atom. The van der Waals surface area contributed by atoms with Gasteiger partial charge in [-0.25, -0.2) is 9.59 Å². The van der Waals surface area contributed by atoms with Gasteiger partial charge in [-0.15, -0.1) is 0 Å². The molecule has 128 valence electrons. The monoisotopic (exact) mass is 363 g/mol. The van der Waals surface area contributed by atoms with E-state index in [4.69, 9.17) is 11.6 Å². The fraction of sp³-hybridized carbons (Fsp3) is 0.643. The highest BCUT2D eigenvalue weighted by Gasteiger charge is 2.70. The van der Waals surface area contributed by atoms with Gasteiger partial charge in [-0.3, -0.25) is 4.79 Å². The molecule has 0 aromatic carbocycles. The summed E-state index contributed by atoms with van der Waals surface area (Å²) in [5, 5.41) is 9.41. The molecule has 0 bridgehead atoms. The van der Waals surface area contributed by atoms with Crippen LogP contribution in [-0.2, 0) is 30.3 Å². The summed E-state index contributed by atoms with van der Waals surface area (Å²) < 4.78 is 15.2. The Morgan fingerprint density at radius 3 is 2.78 bits per heavy atom. The quantitative estimate of drug-likeness (QED) is 0.242. The molecule has 23 heavy (non-hydrogen) atoms. The van der Waals surface area contributed by atoms with Crippen molar-refractivity contribution >= 4 is 40.6 Å². The number of rotatable bonds is 6. The van der Waals surface area contributed by atoms with E-state index in [1.54, 1.807) is 6.92 Å². The zero-order valence-electron chi connectivity index (χ0n) is 12.7. The number of hydrogen-bond acceptors (Lipinski definition) is 5. The average molecular weight is 364 g/mol. The number of fused-ring (bicyclic) bond motifs is 1. The van der Waals surface area contributed by atoms with Gasteiger partial charge in [-0.1, -0.05) is 17.7 Å². The summed E-state index contributed by atoms with van der Waals surface area (Å²) in [6.07, 6.45) is 3.19. The number of β-lactam (4-membered cyclic amide) rings is 1. The molecule has 0 spiro atoms. The van der Waals surface area contributed by atoms with Crippen molar-refractivity contribution in [2.24, 2.45) is 5.92 Å². The van der Waals surface area contributed by atoms with Crippen molar-refractivity contribution in [2.75, 3.05) is 12.9 Å². The average Bonchev–Trinajstić information content (AvgIpc) is 2.81. The third-order valence-corrected chi connectivity index (χ3v) is 6.84. The molecular formula is C14H18ClNO6S. The Morgan fingerprint density at radius 2 is 2.26 bits per heavy atom. The van der Waals surface area contributed by atoms with Crippen LogP contribution in [0.4, 0.5) is 0 Å².